The van der Waals surface area contributed by atoms with Crippen LogP contribution in [0.25, 0.3) is 0 Å². The van der Waals surface area contributed by atoms with Crippen LogP contribution in [0, 0.1) is 5.92 Å². The Kier molecular flexibility index (Phi) is 5.41. The van der Waals surface area contributed by atoms with Crippen molar-refractivity contribution in [1.29, 1.82) is 0 Å². The highest BCUT2D eigenvalue weighted by Gasteiger charge is 2.33. The minimum absolute atomic E-state index is 0.0211. The maximum absolute atomic E-state index is 11.8. The zero-order valence-corrected chi connectivity index (χ0v) is 13.9. The molecule has 120 valence electrons. The van der Waals surface area contributed by atoms with E-state index >= 15 is 0 Å². The van der Waals surface area contributed by atoms with E-state index in [4.69, 9.17) is 0 Å². The molecule has 0 bridgehead atoms. The molecule has 1 aromatic rings. The average Bonchev–Trinajstić information content (AvgIpc) is 3.20. The fraction of sp³-hybridized carbons (Fsp3) is 0.529. The molecule has 2 rings (SSSR count). The van der Waals surface area contributed by atoms with Crippen LogP contribution >= 0.6 is 0 Å². The van der Waals surface area contributed by atoms with Crippen molar-refractivity contribution in [2.24, 2.45) is 10.9 Å². The summed E-state index contributed by atoms with van der Waals surface area (Å²) >= 11 is 0. The van der Waals surface area contributed by atoms with Crippen LogP contribution in [0.1, 0.15) is 36.2 Å². The summed E-state index contributed by atoms with van der Waals surface area (Å²) in [4.78, 5) is 18.0. The Hall–Kier alpha value is -2.04. The normalized spacial score (nSPS) is 20.5. The molecule has 22 heavy (non-hydrogen) atoms. The van der Waals surface area contributed by atoms with Gasteiger partial charge in [-0.3, -0.25) is 4.79 Å². The number of carbonyl (C=O) groups is 1. The molecule has 2 atom stereocenters. The fourth-order valence-electron chi connectivity index (χ4n) is 2.20. The van der Waals surface area contributed by atoms with E-state index in [9.17, 15) is 4.79 Å². The minimum Gasteiger partial charge on any atom is -0.357 e. The van der Waals surface area contributed by atoms with Crippen molar-refractivity contribution in [3.05, 3.63) is 35.4 Å². The lowest BCUT2D eigenvalue weighted by Crippen LogP contribution is -2.39. The minimum atomic E-state index is 0.0211. The maximum Gasteiger partial charge on any atom is 0.253 e. The number of amides is 1. The molecular formula is C17H26N4O. The third-order valence-corrected chi connectivity index (χ3v) is 3.80. The van der Waals surface area contributed by atoms with Crippen LogP contribution in [0.15, 0.2) is 29.3 Å². The van der Waals surface area contributed by atoms with E-state index in [0.29, 0.717) is 18.2 Å². The van der Waals surface area contributed by atoms with Crippen molar-refractivity contribution in [3.63, 3.8) is 0 Å². The lowest BCUT2D eigenvalue weighted by molar-refractivity contribution is 0.0827. The van der Waals surface area contributed by atoms with Gasteiger partial charge < -0.3 is 15.5 Å². The Bertz CT molecular complexity index is 536. The average molecular weight is 302 g/mol. The molecule has 0 heterocycles. The number of rotatable bonds is 5. The van der Waals surface area contributed by atoms with Crippen molar-refractivity contribution >= 4 is 11.9 Å². The van der Waals surface area contributed by atoms with Crippen molar-refractivity contribution in [3.8, 4) is 0 Å². The van der Waals surface area contributed by atoms with Gasteiger partial charge in [-0.15, -0.1) is 0 Å². The molecule has 2 N–H and O–H groups in total. The van der Waals surface area contributed by atoms with Gasteiger partial charge in [0.1, 0.15) is 0 Å². The van der Waals surface area contributed by atoms with Gasteiger partial charge in [-0.05, 0) is 37.0 Å². The van der Waals surface area contributed by atoms with E-state index in [1.54, 1.807) is 19.0 Å². The van der Waals surface area contributed by atoms with Crippen LogP contribution in [-0.4, -0.2) is 43.4 Å². The van der Waals surface area contributed by atoms with Crippen LogP contribution in [0.5, 0.6) is 0 Å². The van der Waals surface area contributed by atoms with E-state index in [1.165, 1.54) is 6.42 Å². The van der Waals surface area contributed by atoms with Gasteiger partial charge in [0.25, 0.3) is 5.91 Å². The van der Waals surface area contributed by atoms with Gasteiger partial charge in [0, 0.05) is 32.2 Å². The Morgan fingerprint density at radius 1 is 1.32 bits per heavy atom. The van der Waals surface area contributed by atoms with Gasteiger partial charge in [0.2, 0.25) is 0 Å². The van der Waals surface area contributed by atoms with Crippen molar-refractivity contribution < 1.29 is 4.79 Å². The molecule has 5 heteroatoms. The second-order valence-electron chi connectivity index (χ2n) is 6.06. The summed E-state index contributed by atoms with van der Waals surface area (Å²) in [6.07, 6.45) is 1.21. The highest BCUT2D eigenvalue weighted by atomic mass is 16.2. The standard InChI is InChI=1S/C17H26N4O/c1-5-18-17(20-15-10-12(15)2)19-11-13-6-8-14(9-7-13)16(22)21(3)4/h6-9,12,15H,5,10-11H2,1-4H3,(H2,18,19,20). The summed E-state index contributed by atoms with van der Waals surface area (Å²) in [7, 11) is 3.52. The van der Waals surface area contributed by atoms with Crippen LogP contribution in [0.4, 0.5) is 0 Å². The molecule has 1 aromatic carbocycles. The summed E-state index contributed by atoms with van der Waals surface area (Å²) in [5.41, 5.74) is 1.80. The largest absolute Gasteiger partial charge is 0.357 e. The SMILES string of the molecule is CCNC(=NCc1ccc(C(=O)N(C)C)cc1)NC1CC1C. The lowest BCUT2D eigenvalue weighted by Gasteiger charge is -2.11. The Morgan fingerprint density at radius 3 is 2.45 bits per heavy atom. The summed E-state index contributed by atoms with van der Waals surface area (Å²) in [6.45, 7) is 5.76. The van der Waals surface area contributed by atoms with Gasteiger partial charge in [-0.25, -0.2) is 4.99 Å². The predicted octanol–water partition coefficient (Wildman–Crippen LogP) is 1.85. The highest BCUT2D eigenvalue weighted by Crippen LogP contribution is 2.28. The quantitative estimate of drug-likeness (QED) is 0.645. The first kappa shape index (κ1) is 16.3. The van der Waals surface area contributed by atoms with E-state index < -0.39 is 0 Å². The van der Waals surface area contributed by atoms with Gasteiger partial charge >= 0.3 is 0 Å². The van der Waals surface area contributed by atoms with Crippen molar-refractivity contribution in [1.82, 2.24) is 15.5 Å². The number of carbonyl (C=O) groups excluding carboxylic acids is 1. The lowest BCUT2D eigenvalue weighted by atomic mass is 10.1. The smallest absolute Gasteiger partial charge is 0.253 e. The third kappa shape index (κ3) is 4.48. The Morgan fingerprint density at radius 2 is 1.95 bits per heavy atom. The molecule has 5 nitrogen and oxygen atoms in total. The molecule has 0 saturated heterocycles. The number of benzene rings is 1. The Balaban J connectivity index is 1.96. The maximum atomic E-state index is 11.8. The van der Waals surface area contributed by atoms with Crippen LogP contribution in [0.2, 0.25) is 0 Å². The second-order valence-corrected chi connectivity index (χ2v) is 6.06. The van der Waals surface area contributed by atoms with E-state index in [2.05, 4.69) is 29.5 Å². The van der Waals surface area contributed by atoms with Crippen LogP contribution in [-0.2, 0) is 6.54 Å². The number of guanidine groups is 1. The molecule has 2 unspecified atom stereocenters. The number of hydrogen-bond donors (Lipinski definition) is 2. The van der Waals surface area contributed by atoms with Crippen LogP contribution < -0.4 is 10.6 Å². The number of nitrogens with one attached hydrogen (secondary N) is 2. The predicted molar refractivity (Wildman–Crippen MR) is 90.0 cm³/mol. The summed E-state index contributed by atoms with van der Waals surface area (Å²) in [5.74, 6) is 1.62. The van der Waals surface area contributed by atoms with Gasteiger partial charge in [0.15, 0.2) is 5.96 Å². The first-order valence-corrected chi connectivity index (χ1v) is 7.86. The summed E-state index contributed by atoms with van der Waals surface area (Å²) in [6, 6.07) is 8.19. The second kappa shape index (κ2) is 7.29. The monoisotopic (exact) mass is 302 g/mol. The highest BCUT2D eigenvalue weighted by molar-refractivity contribution is 5.93. The van der Waals surface area contributed by atoms with E-state index in [-0.39, 0.29) is 5.91 Å². The molecule has 0 aliphatic heterocycles. The van der Waals surface area contributed by atoms with Gasteiger partial charge in [0.05, 0.1) is 6.54 Å². The zero-order valence-electron chi connectivity index (χ0n) is 13.9. The molecule has 1 aliphatic rings. The van der Waals surface area contributed by atoms with Gasteiger partial charge in [-0.1, -0.05) is 19.1 Å². The summed E-state index contributed by atoms with van der Waals surface area (Å²) < 4.78 is 0. The first-order chi connectivity index (χ1) is 10.5. The number of nitrogens with zero attached hydrogens (tertiary/aromatic N) is 2. The number of hydrogen-bond acceptors (Lipinski definition) is 2. The fourth-order valence-corrected chi connectivity index (χ4v) is 2.20. The molecule has 0 spiro atoms. The first-order valence-electron chi connectivity index (χ1n) is 7.86. The van der Waals surface area contributed by atoms with Gasteiger partial charge in [-0.2, -0.15) is 0 Å². The van der Waals surface area contributed by atoms with Crippen molar-refractivity contribution in [2.75, 3.05) is 20.6 Å². The molecule has 1 saturated carbocycles. The van der Waals surface area contributed by atoms with E-state index in [0.717, 1.165) is 24.0 Å². The molecule has 0 radical (unpaired) electrons. The molecule has 1 amide bonds. The molecule has 0 aromatic heterocycles. The van der Waals surface area contributed by atoms with E-state index in [1.807, 2.05) is 24.3 Å². The number of aliphatic imine (C=N–C) groups is 1. The zero-order chi connectivity index (χ0) is 16.1. The molecule has 1 aliphatic carbocycles. The van der Waals surface area contributed by atoms with Crippen molar-refractivity contribution in [2.45, 2.75) is 32.9 Å². The summed E-state index contributed by atoms with van der Waals surface area (Å²) in [5, 5.41) is 6.70. The third-order valence-electron chi connectivity index (χ3n) is 3.80. The topological polar surface area (TPSA) is 56.7 Å². The molecule has 1 fully saturated rings. The molecular weight excluding hydrogens is 276 g/mol. The van der Waals surface area contributed by atoms with Crippen LogP contribution in [0.3, 0.4) is 0 Å². The Labute approximate surface area is 132 Å².